The summed E-state index contributed by atoms with van der Waals surface area (Å²) < 4.78 is 13.1. The van der Waals surface area contributed by atoms with Gasteiger partial charge in [-0.1, -0.05) is 29.3 Å². The second kappa shape index (κ2) is 7.63. The molecule has 2 aromatic carbocycles. The number of carbonyl (C=O) groups is 1. The molecule has 0 aliphatic rings. The highest BCUT2D eigenvalue weighted by Crippen LogP contribution is 2.25. The third kappa shape index (κ3) is 4.71. The molecular formula is C16H10Cl2FN3O. The largest absolute Gasteiger partial charge is 0.360 e. The predicted molar refractivity (Wildman–Crippen MR) is 88.8 cm³/mol. The second-order valence-electron chi connectivity index (χ2n) is 4.41. The van der Waals surface area contributed by atoms with Gasteiger partial charge in [0.15, 0.2) is 0 Å². The molecule has 116 valence electrons. The lowest BCUT2D eigenvalue weighted by molar-refractivity contribution is -0.112. The second-order valence-corrected chi connectivity index (χ2v) is 5.22. The van der Waals surface area contributed by atoms with E-state index >= 15 is 0 Å². The van der Waals surface area contributed by atoms with E-state index in [2.05, 4.69) is 10.6 Å². The summed E-state index contributed by atoms with van der Waals surface area (Å²) in [6.07, 6.45) is 1.20. The smallest absolute Gasteiger partial charge is 0.267 e. The van der Waals surface area contributed by atoms with Crippen molar-refractivity contribution in [2.45, 2.75) is 0 Å². The van der Waals surface area contributed by atoms with Gasteiger partial charge in [-0.15, -0.1) is 0 Å². The van der Waals surface area contributed by atoms with Crippen molar-refractivity contribution in [3.63, 3.8) is 0 Å². The number of nitrogens with one attached hydrogen (secondary N) is 2. The van der Waals surface area contributed by atoms with E-state index in [-0.39, 0.29) is 10.6 Å². The Kier molecular flexibility index (Phi) is 5.58. The van der Waals surface area contributed by atoms with Gasteiger partial charge in [0.05, 0.1) is 10.0 Å². The molecule has 0 heterocycles. The molecular weight excluding hydrogens is 340 g/mol. The zero-order valence-electron chi connectivity index (χ0n) is 11.6. The fourth-order valence-electron chi connectivity index (χ4n) is 1.65. The average molecular weight is 350 g/mol. The number of anilines is 2. The molecule has 7 heteroatoms. The van der Waals surface area contributed by atoms with Crippen LogP contribution in [-0.4, -0.2) is 5.91 Å². The van der Waals surface area contributed by atoms with Crippen molar-refractivity contribution in [2.24, 2.45) is 0 Å². The van der Waals surface area contributed by atoms with E-state index in [1.165, 1.54) is 36.5 Å². The molecule has 23 heavy (non-hydrogen) atoms. The topological polar surface area (TPSA) is 64.9 Å². The van der Waals surface area contributed by atoms with Crippen molar-refractivity contribution < 1.29 is 9.18 Å². The number of nitriles is 1. The number of hydrogen-bond donors (Lipinski definition) is 2. The van der Waals surface area contributed by atoms with Gasteiger partial charge in [-0.25, -0.2) is 4.39 Å². The van der Waals surface area contributed by atoms with Crippen LogP contribution in [0.15, 0.2) is 54.2 Å². The van der Waals surface area contributed by atoms with Gasteiger partial charge in [0.1, 0.15) is 17.5 Å². The molecule has 0 saturated carbocycles. The Labute approximate surface area is 142 Å². The summed E-state index contributed by atoms with van der Waals surface area (Å²) in [5.41, 5.74) is 0.636. The summed E-state index contributed by atoms with van der Waals surface area (Å²) >= 11 is 11.6. The maximum atomic E-state index is 13.1. The van der Waals surface area contributed by atoms with Gasteiger partial charge >= 0.3 is 0 Å². The zero-order chi connectivity index (χ0) is 16.8. The van der Waals surface area contributed by atoms with E-state index in [0.717, 1.165) is 0 Å². The van der Waals surface area contributed by atoms with Crippen LogP contribution in [0.3, 0.4) is 0 Å². The molecule has 0 aromatic heterocycles. The van der Waals surface area contributed by atoms with Crippen molar-refractivity contribution in [2.75, 3.05) is 10.6 Å². The first-order valence-corrected chi connectivity index (χ1v) is 7.14. The molecule has 0 spiro atoms. The van der Waals surface area contributed by atoms with E-state index in [1.54, 1.807) is 18.2 Å². The highest BCUT2D eigenvalue weighted by Gasteiger charge is 2.10. The Morgan fingerprint density at radius 3 is 2.57 bits per heavy atom. The van der Waals surface area contributed by atoms with Crippen molar-refractivity contribution in [3.05, 3.63) is 70.1 Å². The van der Waals surface area contributed by atoms with Crippen LogP contribution in [0.1, 0.15) is 0 Å². The minimum atomic E-state index is -0.630. The highest BCUT2D eigenvalue weighted by molar-refractivity contribution is 6.42. The Balaban J connectivity index is 2.10. The van der Waals surface area contributed by atoms with Gasteiger partial charge < -0.3 is 10.6 Å². The minimum absolute atomic E-state index is 0.180. The van der Waals surface area contributed by atoms with Crippen LogP contribution in [0.4, 0.5) is 15.8 Å². The summed E-state index contributed by atoms with van der Waals surface area (Å²) in [5, 5.41) is 14.9. The minimum Gasteiger partial charge on any atom is -0.360 e. The molecule has 4 nitrogen and oxygen atoms in total. The van der Waals surface area contributed by atoms with Crippen LogP contribution >= 0.6 is 23.2 Å². The van der Waals surface area contributed by atoms with E-state index in [1.807, 2.05) is 0 Å². The van der Waals surface area contributed by atoms with Gasteiger partial charge in [0.2, 0.25) is 0 Å². The van der Waals surface area contributed by atoms with Crippen molar-refractivity contribution >= 4 is 40.5 Å². The van der Waals surface area contributed by atoms with E-state index in [9.17, 15) is 9.18 Å². The lowest BCUT2D eigenvalue weighted by atomic mass is 10.2. The maximum Gasteiger partial charge on any atom is 0.267 e. The first-order valence-electron chi connectivity index (χ1n) is 6.38. The molecule has 0 radical (unpaired) electrons. The SMILES string of the molecule is N#C/C(=C/Nc1cccc(F)c1)C(=O)Nc1ccc(Cl)c(Cl)c1. The molecule has 0 bridgehead atoms. The van der Waals surface area contributed by atoms with Gasteiger partial charge in [-0.2, -0.15) is 5.26 Å². The molecule has 2 N–H and O–H groups in total. The molecule has 0 aliphatic heterocycles. The predicted octanol–water partition coefficient (Wildman–Crippen LogP) is 4.59. The fourth-order valence-corrected chi connectivity index (χ4v) is 1.95. The molecule has 1 amide bonds. The van der Waals surface area contributed by atoms with Gasteiger partial charge in [0, 0.05) is 17.6 Å². The van der Waals surface area contributed by atoms with E-state index < -0.39 is 11.7 Å². The van der Waals surface area contributed by atoms with Gasteiger partial charge in [-0.3, -0.25) is 4.79 Å². The Morgan fingerprint density at radius 2 is 1.91 bits per heavy atom. The molecule has 0 fully saturated rings. The summed E-state index contributed by atoms with van der Waals surface area (Å²) in [4.78, 5) is 12.0. The van der Waals surface area contributed by atoms with Crippen molar-refractivity contribution in [1.82, 2.24) is 0 Å². The van der Waals surface area contributed by atoms with E-state index in [0.29, 0.717) is 16.4 Å². The molecule has 0 unspecified atom stereocenters. The number of nitrogens with zero attached hydrogens (tertiary/aromatic N) is 1. The van der Waals surface area contributed by atoms with Crippen LogP contribution in [0.2, 0.25) is 10.0 Å². The molecule has 2 rings (SSSR count). The fraction of sp³-hybridized carbons (Fsp3) is 0. The average Bonchev–Trinajstić information content (AvgIpc) is 2.51. The van der Waals surface area contributed by atoms with Crippen LogP contribution < -0.4 is 10.6 Å². The zero-order valence-corrected chi connectivity index (χ0v) is 13.1. The maximum absolute atomic E-state index is 13.1. The van der Waals surface area contributed by atoms with Crippen LogP contribution in [0.25, 0.3) is 0 Å². The van der Waals surface area contributed by atoms with Crippen LogP contribution in [-0.2, 0) is 4.79 Å². The van der Waals surface area contributed by atoms with Gasteiger partial charge in [-0.05, 0) is 36.4 Å². The Hall–Kier alpha value is -2.55. The summed E-state index contributed by atoms with van der Waals surface area (Å²) in [5.74, 6) is -1.06. The number of amides is 1. The Bertz CT molecular complexity index is 815. The standard InChI is InChI=1S/C16H10Cl2FN3O/c17-14-5-4-13(7-15(14)18)22-16(23)10(8-20)9-21-12-3-1-2-11(19)6-12/h1-7,9,21H,(H,22,23)/b10-9-. The highest BCUT2D eigenvalue weighted by atomic mass is 35.5. The normalized spacial score (nSPS) is 10.8. The van der Waals surface area contributed by atoms with Gasteiger partial charge in [0.25, 0.3) is 5.91 Å². The van der Waals surface area contributed by atoms with Crippen molar-refractivity contribution in [3.8, 4) is 6.07 Å². The number of hydrogen-bond acceptors (Lipinski definition) is 3. The quantitative estimate of drug-likeness (QED) is 0.626. The summed E-state index contributed by atoms with van der Waals surface area (Å²) in [6, 6.07) is 12.0. The Morgan fingerprint density at radius 1 is 1.13 bits per heavy atom. The van der Waals surface area contributed by atoms with E-state index in [4.69, 9.17) is 28.5 Å². The first kappa shape index (κ1) is 16.8. The third-order valence-corrected chi connectivity index (χ3v) is 3.49. The molecule has 2 aromatic rings. The lowest BCUT2D eigenvalue weighted by Gasteiger charge is -2.06. The molecule has 0 saturated heterocycles. The third-order valence-electron chi connectivity index (χ3n) is 2.75. The van der Waals surface area contributed by atoms with Crippen LogP contribution in [0, 0.1) is 17.1 Å². The number of carbonyl (C=O) groups excluding carboxylic acids is 1. The number of rotatable bonds is 4. The summed E-state index contributed by atoms with van der Waals surface area (Å²) in [6.45, 7) is 0. The monoisotopic (exact) mass is 349 g/mol. The van der Waals surface area contributed by atoms with Crippen LogP contribution in [0.5, 0.6) is 0 Å². The number of halogens is 3. The number of benzene rings is 2. The molecule has 0 atom stereocenters. The van der Waals surface area contributed by atoms with Crippen molar-refractivity contribution in [1.29, 1.82) is 5.26 Å². The summed E-state index contributed by atoms with van der Waals surface area (Å²) in [7, 11) is 0. The lowest BCUT2D eigenvalue weighted by Crippen LogP contribution is -2.14. The molecule has 0 aliphatic carbocycles. The first-order chi connectivity index (χ1) is 11.0.